The second kappa shape index (κ2) is 8.99. The highest BCUT2D eigenvalue weighted by molar-refractivity contribution is 5.89. The molecule has 190 valence electrons. The van der Waals surface area contributed by atoms with Crippen molar-refractivity contribution in [3.63, 3.8) is 0 Å². The fourth-order valence-electron chi connectivity index (χ4n) is 5.38. The van der Waals surface area contributed by atoms with Crippen molar-refractivity contribution in [2.24, 2.45) is 0 Å². The molecule has 4 aromatic carbocycles. The van der Waals surface area contributed by atoms with Gasteiger partial charge < -0.3 is 19.3 Å². The van der Waals surface area contributed by atoms with E-state index in [1.54, 1.807) is 0 Å². The molecule has 8 rings (SSSR count). The fourth-order valence-corrected chi connectivity index (χ4v) is 5.38. The van der Waals surface area contributed by atoms with E-state index in [4.69, 9.17) is 9.47 Å². The summed E-state index contributed by atoms with van der Waals surface area (Å²) in [6.07, 6.45) is 7.52. The van der Waals surface area contributed by atoms with E-state index in [2.05, 4.69) is 56.2 Å². The van der Waals surface area contributed by atoms with Crippen LogP contribution in [-0.4, -0.2) is 9.97 Å². The molecule has 6 nitrogen and oxygen atoms in total. The van der Waals surface area contributed by atoms with Crippen molar-refractivity contribution in [2.75, 3.05) is 9.80 Å². The number of hydrogen-bond donors (Lipinski definition) is 0. The third-order valence-electron chi connectivity index (χ3n) is 7.16. The Morgan fingerprint density at radius 3 is 1.07 bits per heavy atom. The molecule has 0 saturated heterocycles. The Morgan fingerprint density at radius 2 is 0.725 bits per heavy atom. The van der Waals surface area contributed by atoms with Crippen LogP contribution in [0.1, 0.15) is 0 Å². The van der Waals surface area contributed by atoms with Gasteiger partial charge in [-0.15, -0.1) is 0 Å². The topological polar surface area (TPSA) is 50.7 Å². The maximum Gasteiger partial charge on any atom is 0.151 e. The van der Waals surface area contributed by atoms with Gasteiger partial charge in [0.25, 0.3) is 0 Å². The summed E-state index contributed by atoms with van der Waals surface area (Å²) in [6, 6.07) is 36.5. The monoisotopic (exact) mass is 518 g/mol. The summed E-state index contributed by atoms with van der Waals surface area (Å²) in [4.78, 5) is 13.7. The maximum absolute atomic E-state index is 6.20. The number of para-hydroxylation sites is 8. The summed E-state index contributed by atoms with van der Waals surface area (Å²) in [7, 11) is 0. The van der Waals surface area contributed by atoms with Gasteiger partial charge in [-0.1, -0.05) is 48.5 Å². The van der Waals surface area contributed by atoms with E-state index in [0.717, 1.165) is 68.2 Å². The standard InChI is InChI=1S/C34H22N4O2/c1-5-13-31-27(9-1)37(28-10-2-6-14-32(28)39-31)25-17-23(19-35-21-25)24-18-26(22-36-20-24)38-29-11-3-7-15-33(29)40-34-16-8-4-12-30(34)38/h1-22H. The smallest absolute Gasteiger partial charge is 0.151 e. The van der Waals surface area contributed by atoms with E-state index in [9.17, 15) is 0 Å². The zero-order valence-electron chi connectivity index (χ0n) is 21.3. The Balaban J connectivity index is 1.24. The Morgan fingerprint density at radius 1 is 0.400 bits per heavy atom. The third-order valence-corrected chi connectivity index (χ3v) is 7.16. The average Bonchev–Trinajstić information content (AvgIpc) is 3.02. The summed E-state index contributed by atoms with van der Waals surface area (Å²) in [6.45, 7) is 0. The van der Waals surface area contributed by atoms with Gasteiger partial charge in [-0.05, 0) is 60.7 Å². The molecule has 0 spiro atoms. The Labute approximate surface area is 231 Å². The molecule has 6 aromatic rings. The second-order valence-corrected chi connectivity index (χ2v) is 9.61. The van der Waals surface area contributed by atoms with Gasteiger partial charge in [0.2, 0.25) is 0 Å². The summed E-state index contributed by atoms with van der Waals surface area (Å²) in [5, 5.41) is 0. The number of hydrogen-bond acceptors (Lipinski definition) is 6. The molecule has 2 aromatic heterocycles. The Kier molecular flexibility index (Phi) is 5.03. The van der Waals surface area contributed by atoms with Gasteiger partial charge in [0.05, 0.1) is 46.5 Å². The van der Waals surface area contributed by atoms with Gasteiger partial charge >= 0.3 is 0 Å². The van der Waals surface area contributed by atoms with Crippen LogP contribution in [0.2, 0.25) is 0 Å². The molecular weight excluding hydrogens is 496 g/mol. The average molecular weight is 519 g/mol. The maximum atomic E-state index is 6.20. The van der Waals surface area contributed by atoms with Crippen molar-refractivity contribution in [3.05, 3.63) is 134 Å². The molecule has 0 bridgehead atoms. The third kappa shape index (κ3) is 3.58. The van der Waals surface area contributed by atoms with Gasteiger partial charge in [0.15, 0.2) is 23.0 Å². The molecular formula is C34H22N4O2. The number of pyridine rings is 2. The second-order valence-electron chi connectivity index (χ2n) is 9.61. The molecule has 0 aliphatic carbocycles. The first-order chi connectivity index (χ1) is 19.8. The number of ether oxygens (including phenoxy) is 2. The van der Waals surface area contributed by atoms with Crippen LogP contribution in [-0.2, 0) is 0 Å². The Bertz CT molecular complexity index is 1670. The number of fused-ring (bicyclic) bond motifs is 4. The largest absolute Gasteiger partial charge is 0.453 e. The summed E-state index contributed by atoms with van der Waals surface area (Å²) < 4.78 is 12.4. The molecule has 0 radical (unpaired) electrons. The van der Waals surface area contributed by atoms with Crippen LogP contribution in [0.3, 0.4) is 0 Å². The molecule has 0 unspecified atom stereocenters. The molecule has 0 atom stereocenters. The Hall–Kier alpha value is -5.62. The quantitative estimate of drug-likeness (QED) is 0.232. The van der Waals surface area contributed by atoms with Crippen molar-refractivity contribution in [1.82, 2.24) is 9.97 Å². The van der Waals surface area contributed by atoms with Crippen LogP contribution >= 0.6 is 0 Å². The highest BCUT2D eigenvalue weighted by Crippen LogP contribution is 2.52. The minimum absolute atomic E-state index is 0.805. The first-order valence-electron chi connectivity index (χ1n) is 13.1. The predicted molar refractivity (Wildman–Crippen MR) is 157 cm³/mol. The van der Waals surface area contributed by atoms with Crippen LogP contribution in [0.4, 0.5) is 34.1 Å². The molecule has 40 heavy (non-hydrogen) atoms. The van der Waals surface area contributed by atoms with Crippen molar-refractivity contribution < 1.29 is 9.47 Å². The lowest BCUT2D eigenvalue weighted by molar-refractivity contribution is 0.476. The van der Waals surface area contributed by atoms with Crippen LogP contribution < -0.4 is 19.3 Å². The van der Waals surface area contributed by atoms with Crippen LogP contribution in [0, 0.1) is 0 Å². The highest BCUT2D eigenvalue weighted by atomic mass is 16.5. The molecule has 2 aliphatic rings. The van der Waals surface area contributed by atoms with Crippen molar-refractivity contribution in [3.8, 4) is 34.1 Å². The van der Waals surface area contributed by atoms with Crippen molar-refractivity contribution >= 4 is 34.1 Å². The normalized spacial score (nSPS) is 12.8. The molecule has 0 saturated carbocycles. The molecule has 4 heterocycles. The van der Waals surface area contributed by atoms with E-state index < -0.39 is 0 Å². The molecule has 2 aliphatic heterocycles. The van der Waals surface area contributed by atoms with E-state index >= 15 is 0 Å². The first kappa shape index (κ1) is 22.4. The SMILES string of the molecule is c1ccc2c(c1)Oc1ccccc1N2c1cncc(-c2cncc(N3c4ccccc4Oc4ccccc43)c2)c1. The van der Waals surface area contributed by atoms with E-state index in [0.29, 0.717) is 0 Å². The van der Waals surface area contributed by atoms with Crippen molar-refractivity contribution in [2.45, 2.75) is 0 Å². The van der Waals surface area contributed by atoms with Gasteiger partial charge in [-0.3, -0.25) is 9.97 Å². The summed E-state index contributed by atoms with van der Waals surface area (Å²) in [5.74, 6) is 3.22. The van der Waals surface area contributed by atoms with E-state index in [-0.39, 0.29) is 0 Å². The summed E-state index contributed by atoms with van der Waals surface area (Å²) in [5.41, 5.74) is 7.66. The molecule has 0 amide bonds. The number of nitrogens with zero attached hydrogens (tertiary/aromatic N) is 4. The minimum atomic E-state index is 0.805. The summed E-state index contributed by atoms with van der Waals surface area (Å²) >= 11 is 0. The van der Waals surface area contributed by atoms with Gasteiger partial charge in [0.1, 0.15) is 0 Å². The van der Waals surface area contributed by atoms with Gasteiger partial charge in [-0.25, -0.2) is 0 Å². The highest BCUT2D eigenvalue weighted by Gasteiger charge is 2.27. The predicted octanol–water partition coefficient (Wildman–Crippen LogP) is 9.29. The first-order valence-corrected chi connectivity index (χ1v) is 13.1. The van der Waals surface area contributed by atoms with E-state index in [1.807, 2.05) is 97.6 Å². The molecule has 0 N–H and O–H groups in total. The van der Waals surface area contributed by atoms with Crippen LogP contribution in [0.25, 0.3) is 11.1 Å². The number of rotatable bonds is 3. The van der Waals surface area contributed by atoms with Crippen LogP contribution in [0.15, 0.2) is 134 Å². The lowest BCUT2D eigenvalue weighted by Gasteiger charge is -2.33. The van der Waals surface area contributed by atoms with Crippen LogP contribution in [0.5, 0.6) is 23.0 Å². The molecule has 0 fully saturated rings. The fraction of sp³-hybridized carbons (Fsp3) is 0. The zero-order valence-corrected chi connectivity index (χ0v) is 21.3. The lowest BCUT2D eigenvalue weighted by Crippen LogP contribution is -2.16. The van der Waals surface area contributed by atoms with E-state index in [1.165, 1.54) is 0 Å². The van der Waals surface area contributed by atoms with Crippen molar-refractivity contribution in [1.29, 1.82) is 0 Å². The number of aromatic nitrogens is 2. The number of anilines is 6. The van der Waals surface area contributed by atoms with Gasteiger partial charge in [0, 0.05) is 23.5 Å². The molecule has 6 heteroatoms. The number of benzene rings is 4. The zero-order chi connectivity index (χ0) is 26.5. The minimum Gasteiger partial charge on any atom is -0.453 e. The lowest BCUT2D eigenvalue weighted by atomic mass is 10.1. The van der Waals surface area contributed by atoms with Gasteiger partial charge in [-0.2, -0.15) is 0 Å².